The second kappa shape index (κ2) is 6.64. The highest BCUT2D eigenvalue weighted by atomic mass is 79.9. The number of halogens is 2. The van der Waals surface area contributed by atoms with Crippen molar-refractivity contribution in [2.24, 2.45) is 0 Å². The summed E-state index contributed by atoms with van der Waals surface area (Å²) in [6.45, 7) is 0. The van der Waals surface area contributed by atoms with E-state index in [4.69, 9.17) is 15.4 Å². The minimum atomic E-state index is -3.86. The van der Waals surface area contributed by atoms with E-state index in [1.165, 1.54) is 18.2 Å². The van der Waals surface area contributed by atoms with Gasteiger partial charge in [0.1, 0.15) is 0 Å². The molecule has 0 spiro atoms. The van der Waals surface area contributed by atoms with E-state index in [0.717, 1.165) is 19.3 Å². The molecule has 0 heterocycles. The van der Waals surface area contributed by atoms with Crippen molar-refractivity contribution in [3.63, 3.8) is 0 Å². The smallest absolute Gasteiger partial charge is 0.261 e. The molecule has 116 valence electrons. The fourth-order valence-corrected chi connectivity index (χ4v) is 3.58. The van der Waals surface area contributed by atoms with Crippen LogP contribution in [0.4, 0.5) is 0 Å². The van der Waals surface area contributed by atoms with Crippen LogP contribution in [0.15, 0.2) is 27.6 Å². The van der Waals surface area contributed by atoms with Crippen LogP contribution in [0.1, 0.15) is 29.6 Å². The molecule has 1 fully saturated rings. The van der Waals surface area contributed by atoms with Crippen molar-refractivity contribution in [1.82, 2.24) is 5.32 Å². The molecule has 1 aliphatic carbocycles. The molecule has 1 amide bonds. The first-order valence-corrected chi connectivity index (χ1v) is 9.49. The lowest BCUT2D eigenvalue weighted by Gasteiger charge is -2.14. The lowest BCUT2D eigenvalue weighted by Crippen LogP contribution is -2.33. The molecular formula is C13H15BrClNO4S. The van der Waals surface area contributed by atoms with Gasteiger partial charge in [0.05, 0.1) is 16.6 Å². The van der Waals surface area contributed by atoms with Gasteiger partial charge in [-0.25, -0.2) is 8.42 Å². The van der Waals surface area contributed by atoms with Crippen LogP contribution in [0.5, 0.6) is 0 Å². The summed E-state index contributed by atoms with van der Waals surface area (Å²) >= 11 is 3.25. The van der Waals surface area contributed by atoms with Crippen LogP contribution in [-0.2, 0) is 13.8 Å². The third kappa shape index (κ3) is 4.18. The lowest BCUT2D eigenvalue weighted by molar-refractivity contribution is 0.0914. The zero-order valence-corrected chi connectivity index (χ0v) is 14.5. The summed E-state index contributed by atoms with van der Waals surface area (Å²) in [5.41, 5.74) is 0.248. The van der Waals surface area contributed by atoms with Gasteiger partial charge in [-0.15, -0.1) is 0 Å². The zero-order valence-electron chi connectivity index (χ0n) is 11.3. The van der Waals surface area contributed by atoms with Gasteiger partial charge < -0.3 is 10.1 Å². The predicted molar refractivity (Wildman–Crippen MR) is 83.1 cm³/mol. The van der Waals surface area contributed by atoms with Crippen LogP contribution in [0.3, 0.4) is 0 Å². The first-order valence-electron chi connectivity index (χ1n) is 6.39. The fraction of sp³-hybridized carbons (Fsp3) is 0.462. The standard InChI is InChI=1S/C13H15BrClNO4S/c1-20-9-3-2-8(6-9)16-13(17)11-7-10(21(15,18)19)4-5-12(11)14/h4-5,7-9H,2-3,6H2,1H3,(H,16,17). The number of carbonyl (C=O) groups is 1. The number of hydrogen-bond acceptors (Lipinski definition) is 4. The van der Waals surface area contributed by atoms with Crippen LogP contribution in [0.25, 0.3) is 0 Å². The molecule has 2 rings (SSSR count). The van der Waals surface area contributed by atoms with E-state index in [1.54, 1.807) is 7.11 Å². The summed E-state index contributed by atoms with van der Waals surface area (Å²) in [6.07, 6.45) is 2.66. The van der Waals surface area contributed by atoms with Gasteiger partial charge in [0.2, 0.25) is 0 Å². The van der Waals surface area contributed by atoms with Gasteiger partial charge in [0.15, 0.2) is 0 Å². The quantitative estimate of drug-likeness (QED) is 0.794. The van der Waals surface area contributed by atoms with Gasteiger partial charge in [-0.2, -0.15) is 0 Å². The van der Waals surface area contributed by atoms with Crippen LogP contribution < -0.4 is 5.32 Å². The molecular weight excluding hydrogens is 382 g/mol. The van der Waals surface area contributed by atoms with Crippen LogP contribution in [0, 0.1) is 0 Å². The first kappa shape index (κ1) is 16.7. The maximum Gasteiger partial charge on any atom is 0.261 e. The summed E-state index contributed by atoms with van der Waals surface area (Å²) in [7, 11) is 3.09. The molecule has 0 radical (unpaired) electrons. The van der Waals surface area contributed by atoms with Crippen molar-refractivity contribution in [3.8, 4) is 0 Å². The van der Waals surface area contributed by atoms with E-state index in [0.29, 0.717) is 4.47 Å². The number of methoxy groups -OCH3 is 1. The van der Waals surface area contributed by atoms with E-state index >= 15 is 0 Å². The fourth-order valence-electron chi connectivity index (χ4n) is 2.38. The average molecular weight is 397 g/mol. The van der Waals surface area contributed by atoms with Crippen LogP contribution in [0.2, 0.25) is 0 Å². The Morgan fingerprint density at radius 2 is 2.14 bits per heavy atom. The van der Waals surface area contributed by atoms with Crippen molar-refractivity contribution in [2.75, 3.05) is 7.11 Å². The van der Waals surface area contributed by atoms with Gasteiger partial charge in [-0.3, -0.25) is 4.79 Å². The predicted octanol–water partition coefficient (Wildman–Crippen LogP) is 2.67. The Kier molecular flexibility index (Phi) is 5.29. The number of benzene rings is 1. The summed E-state index contributed by atoms with van der Waals surface area (Å²) in [5.74, 6) is -0.328. The highest BCUT2D eigenvalue weighted by molar-refractivity contribution is 9.10. The maximum atomic E-state index is 12.3. The summed E-state index contributed by atoms with van der Waals surface area (Å²) < 4.78 is 28.5. The monoisotopic (exact) mass is 395 g/mol. The second-order valence-electron chi connectivity index (χ2n) is 4.92. The van der Waals surface area contributed by atoms with E-state index in [1.807, 2.05) is 0 Å². The number of amides is 1. The van der Waals surface area contributed by atoms with Gasteiger partial charge in [0, 0.05) is 28.3 Å². The molecule has 5 nitrogen and oxygen atoms in total. The Hall–Kier alpha value is -0.630. The molecule has 2 unspecified atom stereocenters. The van der Waals surface area contributed by atoms with E-state index < -0.39 is 9.05 Å². The van der Waals surface area contributed by atoms with Crippen molar-refractivity contribution in [1.29, 1.82) is 0 Å². The molecule has 0 aliphatic heterocycles. The van der Waals surface area contributed by atoms with Crippen molar-refractivity contribution >= 4 is 41.6 Å². The van der Waals surface area contributed by atoms with Crippen LogP contribution >= 0.6 is 26.6 Å². The molecule has 1 aromatic carbocycles. The Morgan fingerprint density at radius 1 is 1.43 bits per heavy atom. The minimum Gasteiger partial charge on any atom is -0.381 e. The summed E-state index contributed by atoms with van der Waals surface area (Å²) in [4.78, 5) is 12.2. The highest BCUT2D eigenvalue weighted by Gasteiger charge is 2.26. The number of carbonyl (C=O) groups excluding carboxylic acids is 1. The molecule has 1 aliphatic rings. The summed E-state index contributed by atoms with van der Waals surface area (Å²) in [6, 6.07) is 4.15. The molecule has 0 bridgehead atoms. The Morgan fingerprint density at radius 3 is 2.71 bits per heavy atom. The average Bonchev–Trinajstić information content (AvgIpc) is 2.85. The van der Waals surface area contributed by atoms with E-state index in [2.05, 4.69) is 21.2 Å². The maximum absolute atomic E-state index is 12.3. The highest BCUT2D eigenvalue weighted by Crippen LogP contribution is 2.25. The number of nitrogens with one attached hydrogen (secondary N) is 1. The van der Waals surface area contributed by atoms with Gasteiger partial charge in [-0.05, 0) is 53.4 Å². The number of hydrogen-bond donors (Lipinski definition) is 1. The van der Waals surface area contributed by atoms with Gasteiger partial charge >= 0.3 is 0 Å². The molecule has 1 N–H and O–H groups in total. The van der Waals surface area contributed by atoms with Crippen LogP contribution in [-0.4, -0.2) is 33.6 Å². The Balaban J connectivity index is 2.16. The summed E-state index contributed by atoms with van der Waals surface area (Å²) in [5, 5.41) is 2.89. The minimum absolute atomic E-state index is 0.0330. The normalized spacial score (nSPS) is 22.2. The van der Waals surface area contributed by atoms with Crippen molar-refractivity contribution in [3.05, 3.63) is 28.2 Å². The largest absolute Gasteiger partial charge is 0.381 e. The molecule has 8 heteroatoms. The molecule has 0 aromatic heterocycles. The third-order valence-electron chi connectivity index (χ3n) is 3.52. The van der Waals surface area contributed by atoms with E-state index in [9.17, 15) is 13.2 Å². The van der Waals surface area contributed by atoms with Gasteiger partial charge in [0.25, 0.3) is 15.0 Å². The second-order valence-corrected chi connectivity index (χ2v) is 8.34. The van der Waals surface area contributed by atoms with E-state index in [-0.39, 0.29) is 28.5 Å². The van der Waals surface area contributed by atoms with Crippen molar-refractivity contribution in [2.45, 2.75) is 36.3 Å². The lowest BCUT2D eigenvalue weighted by atomic mass is 10.2. The third-order valence-corrected chi connectivity index (χ3v) is 5.56. The van der Waals surface area contributed by atoms with Gasteiger partial charge in [-0.1, -0.05) is 0 Å². The molecule has 0 saturated heterocycles. The number of ether oxygens (including phenoxy) is 1. The molecule has 1 aromatic rings. The SMILES string of the molecule is COC1CCC(NC(=O)c2cc(S(=O)(=O)Cl)ccc2Br)C1. The molecule has 21 heavy (non-hydrogen) atoms. The molecule has 1 saturated carbocycles. The topological polar surface area (TPSA) is 72.5 Å². The van der Waals surface area contributed by atoms with Crippen molar-refractivity contribution < 1.29 is 17.9 Å². The Bertz CT molecular complexity index is 650. The molecule has 2 atom stereocenters. The zero-order chi connectivity index (χ0) is 15.6. The first-order chi connectivity index (χ1) is 9.81. The number of rotatable bonds is 4. The Labute approximate surface area is 136 Å².